The van der Waals surface area contributed by atoms with Crippen molar-refractivity contribution in [3.8, 4) is 17.1 Å². The first-order valence-corrected chi connectivity index (χ1v) is 7.08. The van der Waals surface area contributed by atoms with Gasteiger partial charge in [-0.25, -0.2) is 4.98 Å². The number of hydrogen-bond acceptors (Lipinski definition) is 5. The van der Waals surface area contributed by atoms with Crippen molar-refractivity contribution >= 4 is 5.71 Å². The molecule has 2 heterocycles. The van der Waals surface area contributed by atoms with E-state index in [0.29, 0.717) is 28.4 Å². The number of benzene rings is 1. The van der Waals surface area contributed by atoms with Crippen molar-refractivity contribution in [2.24, 2.45) is 5.16 Å². The summed E-state index contributed by atoms with van der Waals surface area (Å²) in [5.41, 5.74) is 3.02. The molecule has 0 atom stereocenters. The van der Waals surface area contributed by atoms with Gasteiger partial charge in [-0.3, -0.25) is 4.98 Å². The number of nitrogens with zero attached hydrogens (tertiary/aromatic N) is 3. The topological polar surface area (TPSA) is 67.6 Å². The van der Waals surface area contributed by atoms with E-state index in [1.807, 2.05) is 54.6 Å². The smallest absolute Gasteiger partial charge is 0.139 e. The van der Waals surface area contributed by atoms with Crippen LogP contribution < -0.4 is 4.74 Å². The van der Waals surface area contributed by atoms with Gasteiger partial charge in [0.25, 0.3) is 0 Å². The van der Waals surface area contributed by atoms with Crippen LogP contribution in [-0.4, -0.2) is 28.0 Å². The van der Waals surface area contributed by atoms with E-state index in [4.69, 9.17) is 4.74 Å². The maximum atomic E-state index is 9.49. The number of oxime groups is 1. The summed E-state index contributed by atoms with van der Waals surface area (Å²) in [6.45, 7) is 0. The number of rotatable bonds is 4. The summed E-state index contributed by atoms with van der Waals surface area (Å²) in [4.78, 5) is 8.85. The van der Waals surface area contributed by atoms with Crippen molar-refractivity contribution in [2.75, 3.05) is 7.11 Å². The first-order chi connectivity index (χ1) is 11.3. The average Bonchev–Trinajstić information content (AvgIpc) is 2.64. The summed E-state index contributed by atoms with van der Waals surface area (Å²) in [5.74, 6) is 0.616. The maximum absolute atomic E-state index is 9.49. The first-order valence-electron chi connectivity index (χ1n) is 7.08. The molecule has 0 spiro atoms. The molecule has 0 fully saturated rings. The summed E-state index contributed by atoms with van der Waals surface area (Å²) in [6, 6.07) is 18.5. The van der Waals surface area contributed by atoms with Crippen LogP contribution in [0, 0.1) is 0 Å². The summed E-state index contributed by atoms with van der Waals surface area (Å²) in [7, 11) is 1.57. The minimum atomic E-state index is 0.347. The Kier molecular flexibility index (Phi) is 4.29. The second kappa shape index (κ2) is 6.70. The molecule has 0 saturated heterocycles. The molecule has 0 saturated carbocycles. The Morgan fingerprint density at radius 2 is 1.74 bits per heavy atom. The van der Waals surface area contributed by atoms with Gasteiger partial charge < -0.3 is 9.94 Å². The Morgan fingerprint density at radius 1 is 0.957 bits per heavy atom. The van der Waals surface area contributed by atoms with Gasteiger partial charge in [-0.2, -0.15) is 0 Å². The van der Waals surface area contributed by atoms with Crippen molar-refractivity contribution in [1.82, 2.24) is 9.97 Å². The van der Waals surface area contributed by atoms with Crippen molar-refractivity contribution in [1.29, 1.82) is 0 Å². The van der Waals surface area contributed by atoms with Crippen LogP contribution in [0.4, 0.5) is 0 Å². The average molecular weight is 305 g/mol. The Morgan fingerprint density at radius 3 is 2.48 bits per heavy atom. The van der Waals surface area contributed by atoms with Crippen LogP contribution in [0.5, 0.6) is 5.75 Å². The predicted molar refractivity (Wildman–Crippen MR) is 87.9 cm³/mol. The molecule has 114 valence electrons. The minimum absolute atomic E-state index is 0.347. The fourth-order valence-corrected chi connectivity index (χ4v) is 2.31. The highest BCUT2D eigenvalue weighted by Gasteiger charge is 2.15. The van der Waals surface area contributed by atoms with Crippen molar-refractivity contribution in [3.63, 3.8) is 0 Å². The normalized spacial score (nSPS) is 11.3. The highest BCUT2D eigenvalue weighted by Crippen LogP contribution is 2.22. The highest BCUT2D eigenvalue weighted by molar-refractivity contribution is 6.13. The zero-order valence-corrected chi connectivity index (χ0v) is 12.5. The van der Waals surface area contributed by atoms with E-state index in [-0.39, 0.29) is 0 Å². The number of para-hydroxylation sites is 1. The lowest BCUT2D eigenvalue weighted by Gasteiger charge is -2.10. The molecule has 0 aliphatic carbocycles. The Labute approximate surface area is 133 Å². The molecule has 5 nitrogen and oxygen atoms in total. The summed E-state index contributed by atoms with van der Waals surface area (Å²) in [5, 5.41) is 12.9. The third-order valence-corrected chi connectivity index (χ3v) is 3.38. The van der Waals surface area contributed by atoms with E-state index in [2.05, 4.69) is 15.1 Å². The first kappa shape index (κ1) is 14.7. The minimum Gasteiger partial charge on any atom is -0.496 e. The van der Waals surface area contributed by atoms with Crippen molar-refractivity contribution in [2.45, 2.75) is 0 Å². The Hall–Kier alpha value is -3.21. The number of ether oxygens (including phenoxy) is 1. The molecule has 2 aromatic heterocycles. The molecule has 3 aromatic rings. The number of aromatic nitrogens is 2. The van der Waals surface area contributed by atoms with E-state index < -0.39 is 0 Å². The molecule has 23 heavy (non-hydrogen) atoms. The molecule has 0 radical (unpaired) electrons. The predicted octanol–water partition coefficient (Wildman–Crippen LogP) is 3.38. The van der Waals surface area contributed by atoms with Gasteiger partial charge in [0.2, 0.25) is 0 Å². The molecule has 1 N–H and O–H groups in total. The van der Waals surface area contributed by atoms with Gasteiger partial charge in [-0.1, -0.05) is 29.4 Å². The van der Waals surface area contributed by atoms with Gasteiger partial charge in [0.15, 0.2) is 0 Å². The SMILES string of the molecule is COc1ccccc1C(=NO)c1cccc(-c2ccccn2)n1. The molecule has 0 amide bonds. The molecular formula is C18H15N3O2. The fraction of sp³-hybridized carbons (Fsp3) is 0.0556. The van der Waals surface area contributed by atoms with Crippen molar-refractivity contribution < 1.29 is 9.94 Å². The van der Waals surface area contributed by atoms with Gasteiger partial charge in [-0.05, 0) is 36.4 Å². The van der Waals surface area contributed by atoms with E-state index >= 15 is 0 Å². The zero-order chi connectivity index (χ0) is 16.1. The largest absolute Gasteiger partial charge is 0.496 e. The van der Waals surface area contributed by atoms with Gasteiger partial charge in [-0.15, -0.1) is 0 Å². The van der Waals surface area contributed by atoms with Gasteiger partial charge >= 0.3 is 0 Å². The molecule has 0 aliphatic heterocycles. The van der Waals surface area contributed by atoms with Crippen LogP contribution >= 0.6 is 0 Å². The summed E-state index contributed by atoms with van der Waals surface area (Å²) < 4.78 is 5.33. The van der Waals surface area contributed by atoms with Crippen LogP contribution in [0.3, 0.4) is 0 Å². The van der Waals surface area contributed by atoms with Crippen LogP contribution in [0.25, 0.3) is 11.4 Å². The van der Waals surface area contributed by atoms with Gasteiger partial charge in [0, 0.05) is 11.8 Å². The second-order valence-electron chi connectivity index (χ2n) is 4.77. The quantitative estimate of drug-likeness (QED) is 0.456. The monoisotopic (exact) mass is 305 g/mol. The standard InChI is InChI=1S/C18H15N3O2/c1-23-17-11-3-2-7-13(17)18(21-22)16-10-6-9-15(20-16)14-8-4-5-12-19-14/h2-12,22H,1H3. The molecule has 3 rings (SSSR count). The molecule has 0 unspecified atom stereocenters. The maximum Gasteiger partial charge on any atom is 0.139 e. The van der Waals surface area contributed by atoms with Gasteiger partial charge in [0.05, 0.1) is 24.2 Å². The Balaban J connectivity index is 2.07. The molecule has 1 aromatic carbocycles. The third-order valence-electron chi connectivity index (χ3n) is 3.38. The molecule has 0 aliphatic rings. The molecule has 0 bridgehead atoms. The lowest BCUT2D eigenvalue weighted by molar-refractivity contribution is 0.319. The van der Waals surface area contributed by atoms with Crippen molar-refractivity contribution in [3.05, 3.63) is 78.1 Å². The van der Waals surface area contributed by atoms with E-state index in [1.165, 1.54) is 0 Å². The van der Waals surface area contributed by atoms with Crippen LogP contribution in [0.1, 0.15) is 11.3 Å². The number of methoxy groups -OCH3 is 1. The van der Waals surface area contributed by atoms with E-state index in [0.717, 1.165) is 5.69 Å². The zero-order valence-electron chi connectivity index (χ0n) is 12.5. The molecular weight excluding hydrogens is 290 g/mol. The van der Waals surface area contributed by atoms with E-state index in [9.17, 15) is 5.21 Å². The van der Waals surface area contributed by atoms with E-state index in [1.54, 1.807) is 19.4 Å². The number of pyridine rings is 2. The van der Waals surface area contributed by atoms with Crippen LogP contribution in [0.2, 0.25) is 0 Å². The lowest BCUT2D eigenvalue weighted by atomic mass is 10.1. The lowest BCUT2D eigenvalue weighted by Crippen LogP contribution is -2.08. The third kappa shape index (κ3) is 3.03. The molecule has 5 heteroatoms. The second-order valence-corrected chi connectivity index (χ2v) is 4.77. The summed E-state index contributed by atoms with van der Waals surface area (Å²) in [6.07, 6.45) is 1.71. The van der Waals surface area contributed by atoms with Gasteiger partial charge in [0.1, 0.15) is 11.5 Å². The Bertz CT molecular complexity index is 832. The summed E-state index contributed by atoms with van der Waals surface area (Å²) >= 11 is 0. The van der Waals surface area contributed by atoms with Crippen LogP contribution in [0.15, 0.2) is 72.0 Å². The van der Waals surface area contributed by atoms with Crippen LogP contribution in [-0.2, 0) is 0 Å². The number of hydrogen-bond donors (Lipinski definition) is 1. The fourth-order valence-electron chi connectivity index (χ4n) is 2.31. The highest BCUT2D eigenvalue weighted by atomic mass is 16.5.